The van der Waals surface area contributed by atoms with E-state index in [2.05, 4.69) is 4.98 Å². The van der Waals surface area contributed by atoms with Gasteiger partial charge in [-0.25, -0.2) is 9.59 Å². The third-order valence-corrected chi connectivity index (χ3v) is 4.04. The normalized spacial score (nSPS) is 10.5. The molecule has 1 aromatic heterocycles. The lowest BCUT2D eigenvalue weighted by Gasteiger charge is -2.14. The minimum Gasteiger partial charge on any atom is -0.505 e. The summed E-state index contributed by atoms with van der Waals surface area (Å²) in [6.07, 6.45) is 1.73. The second-order valence-corrected chi connectivity index (χ2v) is 5.81. The largest absolute Gasteiger partial charge is 0.505 e. The molecule has 0 aliphatic rings. The zero-order chi connectivity index (χ0) is 19.3. The fourth-order valence-corrected chi connectivity index (χ4v) is 2.76. The van der Waals surface area contributed by atoms with Gasteiger partial charge in [-0.15, -0.1) is 0 Å². The van der Waals surface area contributed by atoms with Crippen molar-refractivity contribution < 1.29 is 29.6 Å². The fourth-order valence-electron chi connectivity index (χ4n) is 2.76. The zero-order valence-corrected chi connectivity index (χ0v) is 14.7. The van der Waals surface area contributed by atoms with Gasteiger partial charge in [0.25, 0.3) is 0 Å². The summed E-state index contributed by atoms with van der Waals surface area (Å²) < 4.78 is 5.10. The van der Waals surface area contributed by atoms with Crippen molar-refractivity contribution in [1.29, 1.82) is 0 Å². The molecule has 138 valence electrons. The number of carbonyl (C=O) groups is 2. The number of aryl methyl sites for hydroxylation is 3. The van der Waals surface area contributed by atoms with Crippen molar-refractivity contribution in [3.63, 3.8) is 0 Å². The van der Waals surface area contributed by atoms with Crippen LogP contribution in [-0.2, 0) is 19.3 Å². The van der Waals surface area contributed by atoms with Gasteiger partial charge < -0.3 is 20.1 Å². The second-order valence-electron chi connectivity index (χ2n) is 5.81. The van der Waals surface area contributed by atoms with Crippen LogP contribution in [0, 0.1) is 0 Å². The number of aromatic hydroxyl groups is 1. The van der Waals surface area contributed by atoms with E-state index in [0.29, 0.717) is 25.0 Å². The first-order chi connectivity index (χ1) is 12.4. The number of carboxylic acid groups (broad SMARTS) is 2. The highest BCUT2D eigenvalue weighted by Gasteiger charge is 2.27. The molecule has 0 radical (unpaired) electrons. The van der Waals surface area contributed by atoms with Gasteiger partial charge in [0.1, 0.15) is 11.3 Å². The molecule has 0 unspecified atom stereocenters. The Balaban J connectivity index is 2.44. The number of ether oxygens (including phenoxy) is 1. The molecule has 0 atom stereocenters. The van der Waals surface area contributed by atoms with Crippen molar-refractivity contribution in [1.82, 2.24) is 4.98 Å². The predicted octanol–water partition coefficient (Wildman–Crippen LogP) is 2.93. The highest BCUT2D eigenvalue weighted by atomic mass is 16.5. The van der Waals surface area contributed by atoms with Gasteiger partial charge in [-0.2, -0.15) is 0 Å². The SMILES string of the molecule is CCCc1nc(CCc2ccc(OC)cc2)c(C(=O)O)c(C(=O)O)c1O. The highest BCUT2D eigenvalue weighted by molar-refractivity contribution is 6.04. The van der Waals surface area contributed by atoms with Gasteiger partial charge in [-0.05, 0) is 37.0 Å². The van der Waals surface area contributed by atoms with Crippen molar-refractivity contribution in [3.8, 4) is 11.5 Å². The molecule has 0 fully saturated rings. The molecule has 0 amide bonds. The van der Waals surface area contributed by atoms with Crippen molar-refractivity contribution in [2.45, 2.75) is 32.6 Å². The van der Waals surface area contributed by atoms with Crippen LogP contribution in [0.1, 0.15) is 51.0 Å². The second kappa shape index (κ2) is 8.33. The third-order valence-electron chi connectivity index (χ3n) is 4.04. The lowest BCUT2D eigenvalue weighted by Crippen LogP contribution is -2.16. The average Bonchev–Trinajstić information content (AvgIpc) is 2.61. The van der Waals surface area contributed by atoms with Crippen LogP contribution in [0.15, 0.2) is 24.3 Å². The Labute approximate surface area is 150 Å². The van der Waals surface area contributed by atoms with Crippen LogP contribution in [0.2, 0.25) is 0 Å². The molecule has 0 bridgehead atoms. The number of methoxy groups -OCH3 is 1. The maximum atomic E-state index is 11.6. The molecule has 0 aliphatic heterocycles. The minimum absolute atomic E-state index is 0.159. The van der Waals surface area contributed by atoms with Crippen LogP contribution in [0.3, 0.4) is 0 Å². The summed E-state index contributed by atoms with van der Waals surface area (Å²) in [5.74, 6) is -2.76. The first-order valence-electron chi connectivity index (χ1n) is 8.23. The lowest BCUT2D eigenvalue weighted by atomic mass is 9.98. The van der Waals surface area contributed by atoms with E-state index in [9.17, 15) is 24.9 Å². The molecule has 2 aromatic rings. The number of hydrogen-bond acceptors (Lipinski definition) is 5. The first kappa shape index (κ1) is 19.2. The quantitative estimate of drug-likeness (QED) is 0.663. The van der Waals surface area contributed by atoms with E-state index in [1.807, 2.05) is 19.1 Å². The van der Waals surface area contributed by atoms with Crippen molar-refractivity contribution in [2.24, 2.45) is 0 Å². The fraction of sp³-hybridized carbons (Fsp3) is 0.316. The Bertz CT molecular complexity index is 814. The number of aromatic nitrogens is 1. The van der Waals surface area contributed by atoms with Crippen LogP contribution < -0.4 is 4.74 Å². The predicted molar refractivity (Wildman–Crippen MR) is 94.2 cm³/mol. The van der Waals surface area contributed by atoms with Crippen molar-refractivity contribution in [2.75, 3.05) is 7.11 Å². The molecule has 7 heteroatoms. The van der Waals surface area contributed by atoms with Gasteiger partial charge in [0, 0.05) is 0 Å². The summed E-state index contributed by atoms with van der Waals surface area (Å²) in [5, 5.41) is 29.0. The molecule has 2 rings (SSSR count). The zero-order valence-electron chi connectivity index (χ0n) is 14.7. The average molecular weight is 359 g/mol. The number of aromatic carboxylic acids is 2. The number of hydrogen-bond donors (Lipinski definition) is 3. The maximum Gasteiger partial charge on any atom is 0.340 e. The van der Waals surface area contributed by atoms with Crippen LogP contribution in [0.25, 0.3) is 0 Å². The molecule has 0 saturated carbocycles. The van der Waals surface area contributed by atoms with Crippen molar-refractivity contribution in [3.05, 3.63) is 52.3 Å². The standard InChI is InChI=1S/C19H21NO6/c1-3-4-14-17(21)16(19(24)25)15(18(22)23)13(20-14)10-7-11-5-8-12(26-2)9-6-11/h5-6,8-9,21H,3-4,7,10H2,1-2H3,(H,22,23)(H,24,25). The van der Waals surface area contributed by atoms with Crippen LogP contribution in [-0.4, -0.2) is 39.4 Å². The monoisotopic (exact) mass is 359 g/mol. The molecule has 0 aliphatic carbocycles. The summed E-state index contributed by atoms with van der Waals surface area (Å²) in [6.45, 7) is 1.86. The molecular weight excluding hydrogens is 338 g/mol. The van der Waals surface area contributed by atoms with E-state index < -0.39 is 28.8 Å². The van der Waals surface area contributed by atoms with Gasteiger partial charge >= 0.3 is 11.9 Å². The lowest BCUT2D eigenvalue weighted by molar-refractivity contribution is 0.0646. The van der Waals surface area contributed by atoms with Gasteiger partial charge in [-0.1, -0.05) is 25.5 Å². The molecule has 0 spiro atoms. The molecule has 7 nitrogen and oxygen atoms in total. The molecular formula is C19H21NO6. The Hall–Kier alpha value is -3.09. The van der Waals surface area contributed by atoms with Crippen molar-refractivity contribution >= 4 is 11.9 Å². The van der Waals surface area contributed by atoms with E-state index in [4.69, 9.17) is 4.74 Å². The summed E-state index contributed by atoms with van der Waals surface area (Å²) in [7, 11) is 1.57. The van der Waals surface area contributed by atoms with E-state index in [1.54, 1.807) is 19.2 Å². The number of nitrogens with zero attached hydrogens (tertiary/aromatic N) is 1. The highest BCUT2D eigenvalue weighted by Crippen LogP contribution is 2.29. The third kappa shape index (κ3) is 4.11. The molecule has 26 heavy (non-hydrogen) atoms. The Morgan fingerprint density at radius 3 is 2.08 bits per heavy atom. The molecule has 3 N–H and O–H groups in total. The van der Waals surface area contributed by atoms with E-state index in [-0.39, 0.29) is 17.8 Å². The topological polar surface area (TPSA) is 117 Å². The number of rotatable bonds is 8. The first-order valence-corrected chi connectivity index (χ1v) is 8.23. The maximum absolute atomic E-state index is 11.6. The summed E-state index contributed by atoms with van der Waals surface area (Å²) >= 11 is 0. The summed E-state index contributed by atoms with van der Waals surface area (Å²) in [4.78, 5) is 27.4. The van der Waals surface area contributed by atoms with Crippen LogP contribution in [0.4, 0.5) is 0 Å². The number of pyridine rings is 1. The number of carboxylic acids is 2. The smallest absolute Gasteiger partial charge is 0.340 e. The van der Waals surface area contributed by atoms with Crippen LogP contribution in [0.5, 0.6) is 11.5 Å². The minimum atomic E-state index is -1.48. The van der Waals surface area contributed by atoms with Gasteiger partial charge in [0.05, 0.1) is 24.1 Å². The van der Waals surface area contributed by atoms with E-state index >= 15 is 0 Å². The van der Waals surface area contributed by atoms with Gasteiger partial charge in [0.2, 0.25) is 0 Å². The number of benzene rings is 1. The summed E-state index contributed by atoms with van der Waals surface area (Å²) in [6, 6.07) is 7.29. The van der Waals surface area contributed by atoms with Gasteiger partial charge in [-0.3, -0.25) is 4.98 Å². The van der Waals surface area contributed by atoms with Crippen LogP contribution >= 0.6 is 0 Å². The van der Waals surface area contributed by atoms with E-state index in [0.717, 1.165) is 5.56 Å². The Kier molecular flexibility index (Phi) is 6.16. The molecule has 0 saturated heterocycles. The van der Waals surface area contributed by atoms with Gasteiger partial charge in [0.15, 0.2) is 5.75 Å². The van der Waals surface area contributed by atoms with E-state index in [1.165, 1.54) is 0 Å². The molecule has 1 aromatic carbocycles. The molecule has 1 heterocycles. The Morgan fingerprint density at radius 1 is 0.962 bits per heavy atom. The Morgan fingerprint density at radius 2 is 1.58 bits per heavy atom. The summed E-state index contributed by atoms with van der Waals surface area (Å²) in [5.41, 5.74) is 0.251.